The number of anilines is 1. The number of likely N-dealkylation sites (tertiary alicyclic amines) is 1. The van der Waals surface area contributed by atoms with Crippen LogP contribution in [-0.2, 0) is 11.3 Å². The van der Waals surface area contributed by atoms with Crippen LogP contribution < -0.4 is 10.1 Å². The average Bonchev–Trinajstić information content (AvgIpc) is 3.47. The summed E-state index contributed by atoms with van der Waals surface area (Å²) < 4.78 is 54.5. The van der Waals surface area contributed by atoms with Gasteiger partial charge in [0, 0.05) is 38.5 Å². The first-order valence-corrected chi connectivity index (χ1v) is 11.8. The maximum absolute atomic E-state index is 14.9. The summed E-state index contributed by atoms with van der Waals surface area (Å²) in [6, 6.07) is 6.92. The smallest absolute Gasteiger partial charge is 0.256 e. The highest BCUT2D eigenvalue weighted by Gasteiger charge is 2.30. The van der Waals surface area contributed by atoms with Gasteiger partial charge in [0.1, 0.15) is 11.7 Å². The number of imidazole rings is 1. The predicted molar refractivity (Wildman–Crippen MR) is 130 cm³/mol. The Hall–Kier alpha value is -3.38. The molecule has 0 saturated carbocycles. The molecule has 3 aromatic heterocycles. The Kier molecular flexibility index (Phi) is 6.97. The van der Waals surface area contributed by atoms with Crippen LogP contribution in [0.1, 0.15) is 6.42 Å². The number of hydrogen-bond acceptors (Lipinski definition) is 7. The molecule has 12 heteroatoms. The number of fused-ring (bicyclic) bond motifs is 2. The third kappa shape index (κ3) is 4.82. The summed E-state index contributed by atoms with van der Waals surface area (Å²) in [6.07, 6.45) is 0.229. The third-order valence-electron chi connectivity index (χ3n) is 6.49. The Balaban J connectivity index is 1.42. The first-order valence-electron chi connectivity index (χ1n) is 11.8. The number of hydrogen-bond donors (Lipinski definition) is 1. The summed E-state index contributed by atoms with van der Waals surface area (Å²) in [5.74, 6) is 0.589. The zero-order chi connectivity index (χ0) is 25.2. The lowest BCUT2D eigenvalue weighted by molar-refractivity contribution is 0.0918. The molecule has 9 nitrogen and oxygen atoms in total. The second-order valence-corrected chi connectivity index (χ2v) is 8.81. The van der Waals surface area contributed by atoms with Gasteiger partial charge in [-0.05, 0) is 30.2 Å². The van der Waals surface area contributed by atoms with Crippen LogP contribution in [0.2, 0.25) is 0 Å². The van der Waals surface area contributed by atoms with E-state index in [9.17, 15) is 13.2 Å². The predicted octanol–water partition coefficient (Wildman–Crippen LogP) is 3.49. The van der Waals surface area contributed by atoms with Crippen LogP contribution in [0.3, 0.4) is 0 Å². The van der Waals surface area contributed by atoms with E-state index in [1.54, 1.807) is 23.9 Å². The van der Waals surface area contributed by atoms with Crippen molar-refractivity contribution < 1.29 is 22.6 Å². The van der Waals surface area contributed by atoms with Crippen molar-refractivity contribution in [1.82, 2.24) is 29.0 Å². The fourth-order valence-electron chi connectivity index (χ4n) is 4.67. The van der Waals surface area contributed by atoms with E-state index in [0.717, 1.165) is 17.7 Å². The molecule has 1 aliphatic rings. The highest BCUT2D eigenvalue weighted by Crippen LogP contribution is 2.33. The van der Waals surface area contributed by atoms with E-state index in [0.29, 0.717) is 48.5 Å². The van der Waals surface area contributed by atoms with Crippen molar-refractivity contribution in [2.24, 2.45) is 0 Å². The van der Waals surface area contributed by atoms with Gasteiger partial charge >= 0.3 is 0 Å². The van der Waals surface area contributed by atoms with Crippen LogP contribution >= 0.6 is 0 Å². The lowest BCUT2D eigenvalue weighted by atomic mass is 10.0. The van der Waals surface area contributed by atoms with Crippen LogP contribution in [0, 0.1) is 0 Å². The van der Waals surface area contributed by atoms with E-state index >= 15 is 0 Å². The summed E-state index contributed by atoms with van der Waals surface area (Å²) in [4.78, 5) is 10.8. The van der Waals surface area contributed by atoms with Crippen LogP contribution in [0.25, 0.3) is 27.7 Å². The molecule has 0 spiro atoms. The summed E-state index contributed by atoms with van der Waals surface area (Å²) in [7, 11) is 3.14. The fourth-order valence-corrected chi connectivity index (χ4v) is 4.67. The molecule has 1 fully saturated rings. The molecule has 0 radical (unpaired) electrons. The number of ether oxygens (including phenoxy) is 2. The topological polar surface area (TPSA) is 81.7 Å². The van der Waals surface area contributed by atoms with Gasteiger partial charge < -0.3 is 19.4 Å². The number of alkyl halides is 3. The first kappa shape index (κ1) is 24.3. The van der Waals surface area contributed by atoms with Gasteiger partial charge in [-0.2, -0.15) is 4.98 Å². The van der Waals surface area contributed by atoms with Crippen molar-refractivity contribution in [2.75, 3.05) is 45.8 Å². The Labute approximate surface area is 205 Å². The van der Waals surface area contributed by atoms with Crippen molar-refractivity contribution in [1.29, 1.82) is 0 Å². The highest BCUT2D eigenvalue weighted by molar-refractivity contribution is 5.89. The van der Waals surface area contributed by atoms with Crippen molar-refractivity contribution in [3.63, 3.8) is 0 Å². The van der Waals surface area contributed by atoms with Gasteiger partial charge in [-0.15, -0.1) is 5.10 Å². The van der Waals surface area contributed by atoms with Crippen LogP contribution in [0.5, 0.6) is 5.88 Å². The molecule has 0 amide bonds. The van der Waals surface area contributed by atoms with Crippen molar-refractivity contribution in [3.8, 4) is 17.0 Å². The number of methoxy groups -OCH3 is 2. The van der Waals surface area contributed by atoms with E-state index in [-0.39, 0.29) is 5.95 Å². The van der Waals surface area contributed by atoms with Crippen molar-refractivity contribution in [2.45, 2.75) is 31.6 Å². The monoisotopic (exact) mass is 503 g/mol. The standard InChI is InChI=1S/C24H28F3N7O2/c1-35-10-9-32-7-6-18(17(25)12-32)29-24-30-23(36-2)22-16(5-8-34(22)31-24)15-3-4-19-20(11-15)33(14-28-19)13-21(26)27/h3-5,8,11,14,17-18,21H,6-7,9-10,12-13H2,1-2H3,(H,29,31)/t17-,18-/m1/s1. The minimum Gasteiger partial charge on any atom is -0.479 e. The van der Waals surface area contributed by atoms with Gasteiger partial charge in [-0.3, -0.25) is 4.90 Å². The number of nitrogens with zero attached hydrogens (tertiary/aromatic N) is 6. The molecule has 0 bridgehead atoms. The molecule has 0 aliphatic carbocycles. The number of piperidine rings is 1. The zero-order valence-corrected chi connectivity index (χ0v) is 20.1. The zero-order valence-electron chi connectivity index (χ0n) is 20.1. The summed E-state index contributed by atoms with van der Waals surface area (Å²) >= 11 is 0. The third-order valence-corrected chi connectivity index (χ3v) is 6.49. The van der Waals surface area contributed by atoms with Gasteiger partial charge in [-0.1, -0.05) is 6.07 Å². The van der Waals surface area contributed by atoms with Crippen molar-refractivity contribution >= 4 is 22.5 Å². The van der Waals surface area contributed by atoms with Crippen molar-refractivity contribution in [3.05, 3.63) is 36.8 Å². The summed E-state index contributed by atoms with van der Waals surface area (Å²) in [5, 5.41) is 7.66. The van der Waals surface area contributed by atoms with Gasteiger partial charge in [-0.25, -0.2) is 22.7 Å². The molecule has 192 valence electrons. The second kappa shape index (κ2) is 10.3. The van der Waals surface area contributed by atoms with E-state index in [2.05, 4.69) is 20.4 Å². The molecule has 1 N–H and O–H groups in total. The molecule has 0 unspecified atom stereocenters. The van der Waals surface area contributed by atoms with E-state index < -0.39 is 25.2 Å². The van der Waals surface area contributed by atoms with E-state index in [1.165, 1.54) is 18.0 Å². The molecular weight excluding hydrogens is 475 g/mol. The molecular formula is C24H28F3N7O2. The lowest BCUT2D eigenvalue weighted by Crippen LogP contribution is -2.48. The number of rotatable bonds is 9. The molecule has 4 aromatic rings. The first-order chi connectivity index (χ1) is 17.5. The maximum Gasteiger partial charge on any atom is 0.256 e. The number of halogens is 3. The number of aromatic nitrogens is 5. The van der Waals surface area contributed by atoms with Crippen LogP contribution in [0.15, 0.2) is 36.8 Å². The number of benzene rings is 1. The summed E-state index contributed by atoms with van der Waals surface area (Å²) in [6.45, 7) is 1.90. The van der Waals surface area contributed by atoms with Gasteiger partial charge in [0.15, 0.2) is 0 Å². The quantitative estimate of drug-likeness (QED) is 0.375. The van der Waals surface area contributed by atoms with Gasteiger partial charge in [0.05, 0.1) is 43.7 Å². The fraction of sp³-hybridized carbons (Fsp3) is 0.458. The Bertz CT molecular complexity index is 1340. The minimum absolute atomic E-state index is 0.268. The highest BCUT2D eigenvalue weighted by atomic mass is 19.3. The summed E-state index contributed by atoms with van der Waals surface area (Å²) in [5.41, 5.74) is 3.42. The molecule has 2 atom stereocenters. The number of nitrogens with one attached hydrogen (secondary N) is 1. The largest absolute Gasteiger partial charge is 0.479 e. The second-order valence-electron chi connectivity index (χ2n) is 8.81. The Morgan fingerprint density at radius 2 is 2.08 bits per heavy atom. The SMILES string of the molecule is COCCN1CC[C@@H](Nc2nc(OC)c3c(-c4ccc5ncn(CC(F)F)c5c4)ccn3n2)[C@H](F)C1. The van der Waals surface area contributed by atoms with Crippen LogP contribution in [0.4, 0.5) is 19.1 Å². The lowest BCUT2D eigenvalue weighted by Gasteiger charge is -2.34. The van der Waals surface area contributed by atoms with E-state index in [4.69, 9.17) is 9.47 Å². The molecule has 1 aliphatic heterocycles. The Morgan fingerprint density at radius 3 is 2.83 bits per heavy atom. The molecule has 1 saturated heterocycles. The minimum atomic E-state index is -2.48. The van der Waals surface area contributed by atoms with Crippen LogP contribution in [-0.4, -0.2) is 88.1 Å². The molecule has 36 heavy (non-hydrogen) atoms. The molecule has 5 rings (SSSR count). The normalized spacial score (nSPS) is 18.9. The molecule has 1 aromatic carbocycles. The van der Waals surface area contributed by atoms with Gasteiger partial charge in [0.2, 0.25) is 11.8 Å². The maximum atomic E-state index is 14.9. The van der Waals surface area contributed by atoms with E-state index in [1.807, 2.05) is 23.1 Å². The molecule has 4 heterocycles. The Morgan fingerprint density at radius 1 is 1.22 bits per heavy atom. The van der Waals surface area contributed by atoms with Gasteiger partial charge in [0.25, 0.3) is 6.43 Å². The average molecular weight is 504 g/mol.